The van der Waals surface area contributed by atoms with E-state index >= 15 is 0 Å². The minimum Gasteiger partial charge on any atom is -0.370 e. The van der Waals surface area contributed by atoms with Gasteiger partial charge in [0.05, 0.1) is 33.7 Å². The number of rotatable bonds is 3. The molecular weight excluding hydrogens is 375 g/mol. The maximum Gasteiger partial charge on any atom is 0.417 e. The Morgan fingerprint density at radius 2 is 1.88 bits per heavy atom. The van der Waals surface area contributed by atoms with Gasteiger partial charge in [0.2, 0.25) is 0 Å². The van der Waals surface area contributed by atoms with E-state index in [0.717, 1.165) is 17.2 Å². The molecule has 0 aliphatic rings. The van der Waals surface area contributed by atoms with E-state index in [0.29, 0.717) is 17.8 Å². The molecule has 140 valence electrons. The first kappa shape index (κ1) is 19.4. The van der Waals surface area contributed by atoms with E-state index in [1.165, 1.54) is 6.20 Å². The number of guanidine groups is 1. The molecule has 0 unspecified atom stereocenters. The topological polar surface area (TPSA) is 133 Å². The Hall–Kier alpha value is -2.89. The fraction of sp³-hybridized carbons (Fsp3) is 0.214. The zero-order valence-corrected chi connectivity index (χ0v) is 14.4. The van der Waals surface area contributed by atoms with E-state index in [2.05, 4.69) is 9.98 Å². The number of nitrogens with zero attached hydrogens (tertiary/aromatic N) is 3. The third-order valence-electron chi connectivity index (χ3n) is 3.25. The summed E-state index contributed by atoms with van der Waals surface area (Å²) in [7, 11) is -4.00. The highest BCUT2D eigenvalue weighted by atomic mass is 32.2. The zero-order chi connectivity index (χ0) is 19.9. The van der Waals surface area contributed by atoms with Gasteiger partial charge >= 0.3 is 6.18 Å². The number of sulfone groups is 1. The van der Waals surface area contributed by atoms with Gasteiger partial charge in [0.15, 0.2) is 15.8 Å². The number of halogens is 3. The molecule has 4 N–H and O–H groups in total. The number of aromatic nitrogens is 2. The number of aryl methyl sites for hydroxylation is 1. The van der Waals surface area contributed by atoms with Crippen LogP contribution in [-0.2, 0) is 16.0 Å². The molecule has 0 aliphatic heterocycles. The van der Waals surface area contributed by atoms with Crippen molar-refractivity contribution in [2.24, 2.45) is 16.5 Å². The number of benzene rings is 1. The Kier molecular flexibility index (Phi) is 4.82. The Labute approximate surface area is 146 Å². The Morgan fingerprint density at radius 1 is 1.27 bits per heavy atom. The van der Waals surface area contributed by atoms with E-state index < -0.39 is 43.9 Å². The lowest BCUT2D eigenvalue weighted by Crippen LogP contribution is -2.25. The van der Waals surface area contributed by atoms with Gasteiger partial charge in [-0.05, 0) is 19.1 Å². The highest BCUT2D eigenvalue weighted by molar-refractivity contribution is 7.90. The maximum absolute atomic E-state index is 13.4. The molecule has 1 heterocycles. The summed E-state index contributed by atoms with van der Waals surface area (Å²) in [6.45, 7) is 1.58. The highest BCUT2D eigenvalue weighted by Crippen LogP contribution is 2.36. The fourth-order valence-corrected chi connectivity index (χ4v) is 3.09. The molecule has 2 aromatic rings. The maximum atomic E-state index is 13.4. The van der Waals surface area contributed by atoms with Crippen LogP contribution in [0.2, 0.25) is 0 Å². The van der Waals surface area contributed by atoms with Crippen molar-refractivity contribution in [1.82, 2.24) is 9.55 Å². The van der Waals surface area contributed by atoms with Crippen LogP contribution in [-0.4, -0.2) is 36.1 Å². The summed E-state index contributed by atoms with van der Waals surface area (Å²) in [5.41, 5.74) is 7.86. The summed E-state index contributed by atoms with van der Waals surface area (Å²) in [5.74, 6) is -2.16. The van der Waals surface area contributed by atoms with E-state index in [4.69, 9.17) is 11.5 Å². The number of alkyl halides is 3. The van der Waals surface area contributed by atoms with Crippen molar-refractivity contribution in [3.05, 3.63) is 41.5 Å². The van der Waals surface area contributed by atoms with Crippen molar-refractivity contribution in [3.63, 3.8) is 0 Å². The lowest BCUT2D eigenvalue weighted by atomic mass is 10.0. The van der Waals surface area contributed by atoms with Crippen molar-refractivity contribution in [2.45, 2.75) is 18.0 Å². The Balaban J connectivity index is 2.91. The summed E-state index contributed by atoms with van der Waals surface area (Å²) in [5, 5.41) is 0. The van der Waals surface area contributed by atoms with E-state index in [9.17, 15) is 26.4 Å². The molecule has 0 bridgehead atoms. The third-order valence-corrected chi connectivity index (χ3v) is 4.38. The predicted octanol–water partition coefficient (Wildman–Crippen LogP) is 1.02. The van der Waals surface area contributed by atoms with Gasteiger partial charge in [-0.1, -0.05) is 0 Å². The van der Waals surface area contributed by atoms with Crippen molar-refractivity contribution >= 4 is 21.7 Å². The van der Waals surface area contributed by atoms with Gasteiger partial charge in [-0.2, -0.15) is 18.2 Å². The lowest BCUT2D eigenvalue weighted by Gasteiger charge is -2.16. The highest BCUT2D eigenvalue weighted by Gasteiger charge is 2.37. The third kappa shape index (κ3) is 4.02. The molecule has 0 saturated carbocycles. The molecular formula is C14H14F3N5O3S. The van der Waals surface area contributed by atoms with E-state index in [1.807, 2.05) is 0 Å². The minimum atomic E-state index is -4.95. The van der Waals surface area contributed by atoms with Crippen LogP contribution in [0.25, 0.3) is 5.69 Å². The van der Waals surface area contributed by atoms with Crippen molar-refractivity contribution < 1.29 is 26.4 Å². The monoisotopic (exact) mass is 389 g/mol. The van der Waals surface area contributed by atoms with Gasteiger partial charge in [-0.3, -0.25) is 4.79 Å². The number of imidazole rings is 1. The number of hydrogen-bond acceptors (Lipinski definition) is 4. The summed E-state index contributed by atoms with van der Waals surface area (Å²) >= 11 is 0. The summed E-state index contributed by atoms with van der Waals surface area (Å²) in [4.78, 5) is 18.4. The number of amides is 1. The Morgan fingerprint density at radius 3 is 2.31 bits per heavy atom. The van der Waals surface area contributed by atoms with Crippen molar-refractivity contribution in [1.29, 1.82) is 0 Å². The average Bonchev–Trinajstić information content (AvgIpc) is 2.89. The van der Waals surface area contributed by atoms with Crippen LogP contribution < -0.4 is 11.5 Å². The van der Waals surface area contributed by atoms with Crippen LogP contribution >= 0.6 is 0 Å². The SMILES string of the molecule is Cc1cn(-c2cc(C(F)(F)F)c(C(=O)N=C(N)N)cc2S(C)(=O)=O)cn1. The van der Waals surface area contributed by atoms with Crippen LogP contribution in [0.3, 0.4) is 0 Å². The molecule has 1 amide bonds. The summed E-state index contributed by atoms with van der Waals surface area (Å²) < 4.78 is 65.6. The molecule has 0 aliphatic carbocycles. The predicted molar refractivity (Wildman–Crippen MR) is 86.6 cm³/mol. The van der Waals surface area contributed by atoms with Gasteiger partial charge in [0, 0.05) is 12.5 Å². The molecule has 1 aromatic carbocycles. The molecule has 0 radical (unpaired) electrons. The number of carbonyl (C=O) groups is 1. The van der Waals surface area contributed by atoms with Crippen LogP contribution in [0, 0.1) is 6.92 Å². The second-order valence-electron chi connectivity index (χ2n) is 5.40. The number of nitrogens with two attached hydrogens (primary N) is 2. The largest absolute Gasteiger partial charge is 0.417 e. The number of aliphatic imine (C=N–C) groups is 1. The quantitative estimate of drug-likeness (QED) is 0.595. The summed E-state index contributed by atoms with van der Waals surface area (Å²) in [6, 6.07) is 1.16. The van der Waals surface area contributed by atoms with Gasteiger partial charge in [-0.15, -0.1) is 0 Å². The Bertz CT molecular complexity index is 1010. The average molecular weight is 389 g/mol. The standard InChI is InChI=1S/C14H14F3N5O3S/c1-7-5-22(6-20-7)10-4-9(14(15,16)17)8(12(23)21-13(18)19)3-11(10)26(2,24)25/h3-6H,1-2H3,(H4,18,19,21,23). The first-order chi connectivity index (χ1) is 11.8. The van der Waals surface area contributed by atoms with Crippen LogP contribution in [0.1, 0.15) is 21.6 Å². The molecule has 0 atom stereocenters. The lowest BCUT2D eigenvalue weighted by molar-refractivity contribution is -0.137. The minimum absolute atomic E-state index is 0.304. The smallest absolute Gasteiger partial charge is 0.370 e. The number of hydrogen-bond donors (Lipinski definition) is 2. The normalized spacial score (nSPS) is 12.0. The molecule has 26 heavy (non-hydrogen) atoms. The van der Waals surface area contributed by atoms with Gasteiger partial charge in [0.1, 0.15) is 0 Å². The second kappa shape index (κ2) is 6.44. The molecule has 2 rings (SSSR count). The zero-order valence-electron chi connectivity index (χ0n) is 13.6. The van der Waals surface area contributed by atoms with Gasteiger partial charge < -0.3 is 16.0 Å². The van der Waals surface area contributed by atoms with Crippen LogP contribution in [0.15, 0.2) is 34.5 Å². The first-order valence-corrected chi connectivity index (χ1v) is 8.80. The second-order valence-corrected chi connectivity index (χ2v) is 7.38. The van der Waals surface area contributed by atoms with Gasteiger partial charge in [0.25, 0.3) is 5.91 Å². The van der Waals surface area contributed by atoms with Crippen molar-refractivity contribution in [3.8, 4) is 5.69 Å². The molecule has 12 heteroatoms. The molecule has 0 saturated heterocycles. The molecule has 8 nitrogen and oxygen atoms in total. The van der Waals surface area contributed by atoms with E-state index in [1.54, 1.807) is 6.92 Å². The van der Waals surface area contributed by atoms with Crippen molar-refractivity contribution in [2.75, 3.05) is 6.26 Å². The van der Waals surface area contributed by atoms with Crippen LogP contribution in [0.4, 0.5) is 13.2 Å². The molecule has 1 aromatic heterocycles. The summed E-state index contributed by atoms with van der Waals surface area (Å²) in [6.07, 6.45) is -1.64. The molecule has 0 fully saturated rings. The number of carbonyl (C=O) groups excluding carboxylic acids is 1. The molecule has 0 spiro atoms. The van der Waals surface area contributed by atoms with E-state index in [-0.39, 0.29) is 5.69 Å². The van der Waals surface area contributed by atoms with Crippen LogP contribution in [0.5, 0.6) is 0 Å². The fourth-order valence-electron chi connectivity index (χ4n) is 2.21. The first-order valence-electron chi connectivity index (χ1n) is 6.91. The van der Waals surface area contributed by atoms with Gasteiger partial charge in [-0.25, -0.2) is 13.4 Å².